The van der Waals surface area contributed by atoms with Crippen LogP contribution in [0, 0.1) is 0 Å². The average molecular weight is 236 g/mol. The number of hydrogen-bond donors (Lipinski definition) is 0. The lowest BCUT2D eigenvalue weighted by molar-refractivity contribution is 0.248. The molecule has 1 aromatic rings. The minimum absolute atomic E-state index is 0.288. The Morgan fingerprint density at radius 1 is 1.47 bits per heavy atom. The van der Waals surface area contributed by atoms with E-state index in [1.54, 1.807) is 0 Å². The molecule has 1 aliphatic rings. The van der Waals surface area contributed by atoms with E-state index >= 15 is 0 Å². The third kappa shape index (κ3) is 3.68. The molecule has 1 aliphatic heterocycles. The average Bonchev–Trinajstić information content (AvgIpc) is 3.18. The monoisotopic (exact) mass is 236 g/mol. The molecule has 1 aromatic heterocycles. The maximum Gasteiger partial charge on any atom is 0.142 e. The van der Waals surface area contributed by atoms with Gasteiger partial charge in [0.25, 0.3) is 0 Å². The molecule has 1 fully saturated rings. The molecule has 4 nitrogen and oxygen atoms in total. The predicted molar refractivity (Wildman–Crippen MR) is 66.1 cm³/mol. The van der Waals surface area contributed by atoms with Crippen LogP contribution in [0.15, 0.2) is 18.3 Å². The van der Waals surface area contributed by atoms with Crippen LogP contribution in [0.3, 0.4) is 0 Å². The minimum Gasteiger partial charge on any atom is -0.489 e. The van der Waals surface area contributed by atoms with Crippen LogP contribution in [0.4, 0.5) is 0 Å². The first-order valence-electron chi connectivity index (χ1n) is 6.24. The highest BCUT2D eigenvalue weighted by molar-refractivity contribution is 5.26. The van der Waals surface area contributed by atoms with Gasteiger partial charge in [0.1, 0.15) is 18.5 Å². The molecule has 94 valence electrons. The van der Waals surface area contributed by atoms with Crippen molar-refractivity contribution in [2.75, 3.05) is 26.3 Å². The van der Waals surface area contributed by atoms with Crippen LogP contribution in [0.1, 0.15) is 19.5 Å². The fraction of sp³-hybridized carbons (Fsp3) is 0.615. The Morgan fingerprint density at radius 2 is 2.24 bits per heavy atom. The highest BCUT2D eigenvalue weighted by Crippen LogP contribution is 2.19. The molecule has 4 heteroatoms. The zero-order valence-corrected chi connectivity index (χ0v) is 10.6. The van der Waals surface area contributed by atoms with Gasteiger partial charge in [-0.05, 0) is 25.2 Å². The fourth-order valence-corrected chi connectivity index (χ4v) is 1.68. The summed E-state index contributed by atoms with van der Waals surface area (Å²) in [5.41, 5.74) is 1.01. The summed E-state index contributed by atoms with van der Waals surface area (Å²) >= 11 is 0. The van der Waals surface area contributed by atoms with Gasteiger partial charge in [0.15, 0.2) is 0 Å². The summed E-state index contributed by atoms with van der Waals surface area (Å²) in [5.74, 6) is 0.884. The van der Waals surface area contributed by atoms with E-state index < -0.39 is 0 Å². The maximum absolute atomic E-state index is 5.74. The fourth-order valence-electron chi connectivity index (χ4n) is 1.68. The van der Waals surface area contributed by atoms with Crippen molar-refractivity contribution in [1.82, 2.24) is 9.88 Å². The van der Waals surface area contributed by atoms with Crippen LogP contribution in [-0.2, 0) is 11.3 Å². The lowest BCUT2D eigenvalue weighted by atomic mass is 10.3. The second-order valence-electron chi connectivity index (χ2n) is 4.18. The Labute approximate surface area is 103 Å². The zero-order chi connectivity index (χ0) is 12.1. The first-order valence-corrected chi connectivity index (χ1v) is 6.24. The number of aromatic nitrogens is 1. The number of epoxide rings is 1. The first-order chi connectivity index (χ1) is 8.33. The molecule has 2 heterocycles. The molecule has 1 atom stereocenters. The van der Waals surface area contributed by atoms with Crippen molar-refractivity contribution in [3.8, 4) is 5.75 Å². The summed E-state index contributed by atoms with van der Waals surface area (Å²) in [6, 6.07) is 3.89. The molecule has 0 aromatic carbocycles. The molecule has 0 radical (unpaired) electrons. The van der Waals surface area contributed by atoms with Gasteiger partial charge in [-0.1, -0.05) is 13.8 Å². The second-order valence-corrected chi connectivity index (χ2v) is 4.18. The Hall–Kier alpha value is -1.13. The molecule has 0 aliphatic carbocycles. The molecule has 2 rings (SSSR count). The normalized spacial score (nSPS) is 18.4. The van der Waals surface area contributed by atoms with Gasteiger partial charge in [-0.25, -0.2) is 0 Å². The van der Waals surface area contributed by atoms with Gasteiger partial charge in [-0.2, -0.15) is 0 Å². The minimum atomic E-state index is 0.288. The molecule has 0 N–H and O–H groups in total. The largest absolute Gasteiger partial charge is 0.489 e. The smallest absolute Gasteiger partial charge is 0.142 e. The standard InChI is InChI=1S/C13H20N2O2/c1-3-15(4-2)8-12-13(6-5-7-14-12)17-10-11-9-16-11/h5-7,11H,3-4,8-10H2,1-2H3/t11-/m0/s1. The van der Waals surface area contributed by atoms with E-state index in [4.69, 9.17) is 9.47 Å². The van der Waals surface area contributed by atoms with Gasteiger partial charge < -0.3 is 9.47 Å². The molecule has 17 heavy (non-hydrogen) atoms. The van der Waals surface area contributed by atoms with E-state index in [-0.39, 0.29) is 6.10 Å². The molecule has 0 spiro atoms. The van der Waals surface area contributed by atoms with Crippen LogP contribution < -0.4 is 4.74 Å². The number of hydrogen-bond acceptors (Lipinski definition) is 4. The lowest BCUT2D eigenvalue weighted by Crippen LogP contribution is -2.23. The Kier molecular flexibility index (Phi) is 4.34. The van der Waals surface area contributed by atoms with Crippen LogP contribution in [0.25, 0.3) is 0 Å². The van der Waals surface area contributed by atoms with Crippen LogP contribution in [0.2, 0.25) is 0 Å². The van der Waals surface area contributed by atoms with Crippen molar-refractivity contribution in [1.29, 1.82) is 0 Å². The molecule has 0 bridgehead atoms. The van der Waals surface area contributed by atoms with Crippen molar-refractivity contribution >= 4 is 0 Å². The topological polar surface area (TPSA) is 37.9 Å². The van der Waals surface area contributed by atoms with E-state index in [2.05, 4.69) is 23.7 Å². The number of nitrogens with zero attached hydrogens (tertiary/aromatic N) is 2. The SMILES string of the molecule is CCN(CC)Cc1ncccc1OC[C@@H]1CO1. The summed E-state index contributed by atoms with van der Waals surface area (Å²) in [6.45, 7) is 8.67. The van der Waals surface area contributed by atoms with Crippen LogP contribution >= 0.6 is 0 Å². The maximum atomic E-state index is 5.74. The lowest BCUT2D eigenvalue weighted by Gasteiger charge is -2.19. The molecular weight excluding hydrogens is 216 g/mol. The Balaban J connectivity index is 1.98. The molecule has 0 unspecified atom stereocenters. The summed E-state index contributed by atoms with van der Waals surface area (Å²) in [5, 5.41) is 0. The number of ether oxygens (including phenoxy) is 2. The predicted octanol–water partition coefficient (Wildman–Crippen LogP) is 1.70. The third-order valence-electron chi connectivity index (χ3n) is 2.94. The van der Waals surface area contributed by atoms with Gasteiger partial charge >= 0.3 is 0 Å². The summed E-state index contributed by atoms with van der Waals surface area (Å²) in [4.78, 5) is 6.73. The zero-order valence-electron chi connectivity index (χ0n) is 10.6. The first kappa shape index (κ1) is 12.3. The van der Waals surface area contributed by atoms with Crippen LogP contribution in [-0.4, -0.2) is 42.3 Å². The number of pyridine rings is 1. The van der Waals surface area contributed by atoms with E-state index in [0.717, 1.165) is 37.7 Å². The second kappa shape index (κ2) is 5.98. The van der Waals surface area contributed by atoms with E-state index in [1.165, 1.54) is 0 Å². The Morgan fingerprint density at radius 3 is 2.88 bits per heavy atom. The van der Waals surface area contributed by atoms with Gasteiger partial charge in [0.2, 0.25) is 0 Å². The van der Waals surface area contributed by atoms with Gasteiger partial charge in [-0.3, -0.25) is 9.88 Å². The third-order valence-corrected chi connectivity index (χ3v) is 2.94. The van der Waals surface area contributed by atoms with Crippen molar-refractivity contribution in [3.63, 3.8) is 0 Å². The highest BCUT2D eigenvalue weighted by atomic mass is 16.6. The molecule has 0 amide bonds. The van der Waals surface area contributed by atoms with E-state index in [0.29, 0.717) is 6.61 Å². The highest BCUT2D eigenvalue weighted by Gasteiger charge is 2.23. The molecule has 1 saturated heterocycles. The van der Waals surface area contributed by atoms with Crippen LogP contribution in [0.5, 0.6) is 5.75 Å². The van der Waals surface area contributed by atoms with Crippen molar-refractivity contribution in [3.05, 3.63) is 24.0 Å². The summed E-state index contributed by atoms with van der Waals surface area (Å²) < 4.78 is 10.9. The molecule has 0 saturated carbocycles. The number of rotatable bonds is 7. The summed E-state index contributed by atoms with van der Waals surface area (Å²) in [7, 11) is 0. The van der Waals surface area contributed by atoms with Crippen molar-refractivity contribution < 1.29 is 9.47 Å². The van der Waals surface area contributed by atoms with Gasteiger partial charge in [0, 0.05) is 12.7 Å². The van der Waals surface area contributed by atoms with Gasteiger partial charge in [-0.15, -0.1) is 0 Å². The van der Waals surface area contributed by atoms with E-state index in [1.807, 2.05) is 18.3 Å². The Bertz CT molecular complexity index is 349. The van der Waals surface area contributed by atoms with Gasteiger partial charge in [0.05, 0.1) is 12.3 Å². The van der Waals surface area contributed by atoms with Crippen molar-refractivity contribution in [2.45, 2.75) is 26.5 Å². The van der Waals surface area contributed by atoms with E-state index in [9.17, 15) is 0 Å². The summed E-state index contributed by atoms with van der Waals surface area (Å²) in [6.07, 6.45) is 2.11. The molecular formula is C13H20N2O2. The van der Waals surface area contributed by atoms with Crippen molar-refractivity contribution in [2.24, 2.45) is 0 Å². The quantitative estimate of drug-likeness (QED) is 0.675.